The SMILES string of the molecule is Cc1cc(C)c(OCC2CC3CCC2C3)c(S(N)(=O)=O)c1. The molecular formula is C16H23NO3S. The first-order chi connectivity index (χ1) is 9.84. The summed E-state index contributed by atoms with van der Waals surface area (Å²) in [5.41, 5.74) is 1.71. The Labute approximate surface area is 126 Å². The molecule has 0 radical (unpaired) electrons. The second-order valence-corrected chi connectivity index (χ2v) is 8.23. The maximum Gasteiger partial charge on any atom is 0.241 e. The van der Waals surface area contributed by atoms with E-state index in [-0.39, 0.29) is 4.90 Å². The lowest BCUT2D eigenvalue weighted by atomic mass is 9.89. The summed E-state index contributed by atoms with van der Waals surface area (Å²) in [7, 11) is -3.76. The van der Waals surface area contributed by atoms with Gasteiger partial charge in [-0.2, -0.15) is 0 Å². The Morgan fingerprint density at radius 3 is 2.57 bits per heavy atom. The molecule has 116 valence electrons. The van der Waals surface area contributed by atoms with Gasteiger partial charge in [-0.3, -0.25) is 0 Å². The van der Waals surface area contributed by atoms with Gasteiger partial charge in [-0.25, -0.2) is 13.6 Å². The summed E-state index contributed by atoms with van der Waals surface area (Å²) in [5.74, 6) is 2.63. The van der Waals surface area contributed by atoms with Crippen molar-refractivity contribution in [3.05, 3.63) is 23.3 Å². The molecule has 2 fully saturated rings. The summed E-state index contributed by atoms with van der Waals surface area (Å²) in [6.45, 7) is 4.34. The molecule has 4 nitrogen and oxygen atoms in total. The van der Waals surface area contributed by atoms with Crippen LogP contribution >= 0.6 is 0 Å². The Kier molecular flexibility index (Phi) is 3.74. The van der Waals surface area contributed by atoms with E-state index in [4.69, 9.17) is 9.88 Å². The smallest absolute Gasteiger partial charge is 0.241 e. The van der Waals surface area contributed by atoms with E-state index < -0.39 is 10.0 Å². The van der Waals surface area contributed by atoms with Gasteiger partial charge < -0.3 is 4.74 Å². The van der Waals surface area contributed by atoms with Crippen LogP contribution in [0.25, 0.3) is 0 Å². The molecule has 0 aromatic heterocycles. The van der Waals surface area contributed by atoms with E-state index >= 15 is 0 Å². The van der Waals surface area contributed by atoms with Gasteiger partial charge in [-0.15, -0.1) is 0 Å². The molecule has 0 saturated heterocycles. The monoisotopic (exact) mass is 309 g/mol. The van der Waals surface area contributed by atoms with E-state index in [2.05, 4.69) is 0 Å². The van der Waals surface area contributed by atoms with E-state index in [0.29, 0.717) is 18.3 Å². The van der Waals surface area contributed by atoms with Crippen LogP contribution in [0.3, 0.4) is 0 Å². The Morgan fingerprint density at radius 2 is 2.00 bits per heavy atom. The van der Waals surface area contributed by atoms with Crippen molar-refractivity contribution in [2.45, 2.75) is 44.4 Å². The highest BCUT2D eigenvalue weighted by Gasteiger charge is 2.39. The Hall–Kier alpha value is -1.07. The standard InChI is InChI=1S/C16H23NO3S/c1-10-5-11(2)16(15(6-10)21(17,18)19)20-9-14-8-12-3-4-13(14)7-12/h5-6,12-14H,3-4,7-9H2,1-2H3,(H2,17,18,19). The van der Waals surface area contributed by atoms with Crippen LogP contribution in [0, 0.1) is 31.6 Å². The van der Waals surface area contributed by atoms with Crippen LogP contribution in [-0.4, -0.2) is 15.0 Å². The van der Waals surface area contributed by atoms with Gasteiger partial charge in [0, 0.05) is 0 Å². The molecule has 5 heteroatoms. The summed E-state index contributed by atoms with van der Waals surface area (Å²) in [6, 6.07) is 3.53. The van der Waals surface area contributed by atoms with Crippen molar-refractivity contribution < 1.29 is 13.2 Å². The molecule has 0 aliphatic heterocycles. The molecule has 3 unspecified atom stereocenters. The largest absolute Gasteiger partial charge is 0.492 e. The quantitative estimate of drug-likeness (QED) is 0.929. The topological polar surface area (TPSA) is 69.4 Å². The maximum absolute atomic E-state index is 11.8. The molecule has 0 amide bonds. The van der Waals surface area contributed by atoms with Crippen molar-refractivity contribution in [1.29, 1.82) is 0 Å². The first kappa shape index (κ1) is 14.9. The molecule has 0 heterocycles. The van der Waals surface area contributed by atoms with Crippen LogP contribution in [0.15, 0.2) is 17.0 Å². The highest BCUT2D eigenvalue weighted by atomic mass is 32.2. The zero-order chi connectivity index (χ0) is 15.2. The van der Waals surface area contributed by atoms with Gasteiger partial charge in [0.15, 0.2) is 0 Å². The highest BCUT2D eigenvalue weighted by molar-refractivity contribution is 7.89. The summed E-state index contributed by atoms with van der Waals surface area (Å²) >= 11 is 0. The molecule has 3 atom stereocenters. The Morgan fingerprint density at radius 1 is 1.24 bits per heavy atom. The van der Waals surface area contributed by atoms with Crippen LogP contribution in [0.1, 0.15) is 36.8 Å². The fourth-order valence-corrected chi connectivity index (χ4v) is 4.91. The number of ether oxygens (including phenoxy) is 1. The molecule has 0 spiro atoms. The minimum absolute atomic E-state index is 0.114. The first-order valence-electron chi connectivity index (χ1n) is 7.61. The molecule has 2 N–H and O–H groups in total. The van der Waals surface area contributed by atoms with Gasteiger partial charge in [0.1, 0.15) is 10.6 Å². The van der Waals surface area contributed by atoms with Gasteiger partial charge in [-0.1, -0.05) is 12.5 Å². The molecule has 3 rings (SSSR count). The lowest BCUT2D eigenvalue weighted by Gasteiger charge is -2.23. The number of rotatable bonds is 4. The van der Waals surface area contributed by atoms with Gasteiger partial charge in [0.05, 0.1) is 6.61 Å². The van der Waals surface area contributed by atoms with E-state index in [0.717, 1.165) is 23.0 Å². The minimum Gasteiger partial charge on any atom is -0.492 e. The van der Waals surface area contributed by atoms with E-state index in [1.165, 1.54) is 25.7 Å². The average Bonchev–Trinajstić information content (AvgIpc) is 2.98. The predicted octanol–water partition coefficient (Wildman–Crippen LogP) is 2.77. The molecule has 1 aromatic rings. The summed E-state index contributed by atoms with van der Waals surface area (Å²) in [6.07, 6.45) is 5.20. The molecular weight excluding hydrogens is 286 g/mol. The van der Waals surface area contributed by atoms with E-state index in [1.54, 1.807) is 6.07 Å². The maximum atomic E-state index is 11.8. The molecule has 2 aliphatic rings. The summed E-state index contributed by atoms with van der Waals surface area (Å²) < 4.78 is 29.5. The zero-order valence-electron chi connectivity index (χ0n) is 12.6. The van der Waals surface area contributed by atoms with Gasteiger partial charge in [0.25, 0.3) is 0 Å². The third kappa shape index (κ3) is 2.94. The number of aryl methyl sites for hydroxylation is 2. The molecule has 21 heavy (non-hydrogen) atoms. The normalized spacial score (nSPS) is 28.0. The highest BCUT2D eigenvalue weighted by Crippen LogP contribution is 2.48. The third-order valence-corrected chi connectivity index (χ3v) is 5.93. The van der Waals surface area contributed by atoms with Crippen LogP contribution in [-0.2, 0) is 10.0 Å². The molecule has 2 saturated carbocycles. The number of hydrogen-bond acceptors (Lipinski definition) is 3. The predicted molar refractivity (Wildman–Crippen MR) is 81.7 cm³/mol. The number of nitrogens with two attached hydrogens (primary N) is 1. The third-order valence-electron chi connectivity index (χ3n) is 5.02. The number of benzene rings is 1. The van der Waals surface area contributed by atoms with Crippen molar-refractivity contribution in [2.75, 3.05) is 6.61 Å². The van der Waals surface area contributed by atoms with Gasteiger partial charge >= 0.3 is 0 Å². The van der Waals surface area contributed by atoms with Gasteiger partial charge in [0.2, 0.25) is 10.0 Å². The number of sulfonamides is 1. The molecule has 2 bridgehead atoms. The second kappa shape index (κ2) is 5.29. The van der Waals surface area contributed by atoms with Crippen LogP contribution in [0.2, 0.25) is 0 Å². The lowest BCUT2D eigenvalue weighted by molar-refractivity contribution is 0.191. The number of hydrogen-bond donors (Lipinski definition) is 1. The van der Waals surface area contributed by atoms with Crippen molar-refractivity contribution in [3.63, 3.8) is 0 Å². The zero-order valence-corrected chi connectivity index (χ0v) is 13.4. The van der Waals surface area contributed by atoms with E-state index in [1.807, 2.05) is 19.9 Å². The molecule has 2 aliphatic carbocycles. The fourth-order valence-electron chi connectivity index (χ4n) is 4.08. The van der Waals surface area contributed by atoms with Crippen LogP contribution < -0.4 is 9.88 Å². The van der Waals surface area contributed by atoms with Crippen molar-refractivity contribution in [3.8, 4) is 5.75 Å². The van der Waals surface area contributed by atoms with Crippen molar-refractivity contribution in [2.24, 2.45) is 22.9 Å². The average molecular weight is 309 g/mol. The van der Waals surface area contributed by atoms with Crippen LogP contribution in [0.4, 0.5) is 0 Å². The van der Waals surface area contributed by atoms with Crippen LogP contribution in [0.5, 0.6) is 5.75 Å². The van der Waals surface area contributed by atoms with Crippen molar-refractivity contribution >= 4 is 10.0 Å². The lowest BCUT2D eigenvalue weighted by Crippen LogP contribution is -2.21. The summed E-state index contributed by atoms with van der Waals surface area (Å²) in [4.78, 5) is 0.114. The van der Waals surface area contributed by atoms with E-state index in [9.17, 15) is 8.42 Å². The van der Waals surface area contributed by atoms with Gasteiger partial charge in [-0.05, 0) is 68.1 Å². The fraction of sp³-hybridized carbons (Fsp3) is 0.625. The second-order valence-electron chi connectivity index (χ2n) is 6.70. The Balaban J connectivity index is 1.81. The minimum atomic E-state index is -3.76. The Bertz CT molecular complexity index is 654. The van der Waals surface area contributed by atoms with Crippen molar-refractivity contribution in [1.82, 2.24) is 0 Å². The number of primary sulfonamides is 1. The number of fused-ring (bicyclic) bond motifs is 2. The summed E-state index contributed by atoms with van der Waals surface area (Å²) in [5, 5.41) is 5.33. The molecule has 1 aromatic carbocycles. The first-order valence-corrected chi connectivity index (χ1v) is 9.16.